The fourth-order valence-electron chi connectivity index (χ4n) is 2.94. The van der Waals surface area contributed by atoms with Crippen LogP contribution in [0.3, 0.4) is 0 Å². The lowest BCUT2D eigenvalue weighted by molar-refractivity contribution is -0.137. The molecule has 140 valence electrons. The summed E-state index contributed by atoms with van der Waals surface area (Å²) < 4.78 is 45.3. The minimum atomic E-state index is -4.60. The van der Waals surface area contributed by atoms with E-state index in [0.29, 0.717) is 11.3 Å². The summed E-state index contributed by atoms with van der Waals surface area (Å²) in [6, 6.07) is 9.50. The summed E-state index contributed by atoms with van der Waals surface area (Å²) in [6.45, 7) is 1.70. The molecule has 0 fully saturated rings. The number of aromatic nitrogens is 1. The normalized spacial score (nSPS) is 11.6. The Morgan fingerprint density at radius 3 is 2.41 bits per heavy atom. The number of pyridine rings is 1. The summed E-state index contributed by atoms with van der Waals surface area (Å²) in [5.74, 6) is -0.957. The van der Waals surface area contributed by atoms with Crippen molar-refractivity contribution in [2.24, 2.45) is 0 Å². The van der Waals surface area contributed by atoms with Crippen LogP contribution >= 0.6 is 0 Å². The van der Waals surface area contributed by atoms with Crippen LogP contribution in [-0.4, -0.2) is 17.6 Å². The average molecular weight is 376 g/mol. The van der Waals surface area contributed by atoms with Crippen molar-refractivity contribution in [3.8, 4) is 5.69 Å². The molecule has 3 aromatic rings. The molecule has 0 amide bonds. The molecule has 0 bridgehead atoms. The number of nitrogen functional groups attached to an aromatic ring is 1. The lowest BCUT2D eigenvalue weighted by Gasteiger charge is -2.18. The van der Waals surface area contributed by atoms with Gasteiger partial charge in [0.05, 0.1) is 29.6 Å². The van der Waals surface area contributed by atoms with Gasteiger partial charge in [-0.3, -0.25) is 9.36 Å². The van der Waals surface area contributed by atoms with Crippen LogP contribution in [0.1, 0.15) is 21.5 Å². The van der Waals surface area contributed by atoms with Crippen molar-refractivity contribution in [3.63, 3.8) is 0 Å². The maximum Gasteiger partial charge on any atom is 0.416 e. The molecule has 0 aliphatic rings. The Morgan fingerprint density at radius 2 is 1.81 bits per heavy atom. The summed E-state index contributed by atoms with van der Waals surface area (Å²) in [6.07, 6.45) is -4.60. The van der Waals surface area contributed by atoms with Crippen LogP contribution in [0.5, 0.6) is 0 Å². The number of fused-ring (bicyclic) bond motifs is 1. The number of esters is 1. The molecule has 8 heteroatoms. The van der Waals surface area contributed by atoms with Crippen LogP contribution in [0.4, 0.5) is 18.9 Å². The Kier molecular flexibility index (Phi) is 4.43. The predicted octanol–water partition coefficient (Wildman–Crippen LogP) is 3.69. The van der Waals surface area contributed by atoms with Gasteiger partial charge in [0.2, 0.25) is 0 Å². The maximum absolute atomic E-state index is 13.2. The number of para-hydroxylation sites is 1. The van der Waals surface area contributed by atoms with Gasteiger partial charge < -0.3 is 10.5 Å². The van der Waals surface area contributed by atoms with E-state index in [9.17, 15) is 22.8 Å². The molecule has 1 aromatic heterocycles. The molecular weight excluding hydrogens is 361 g/mol. The highest BCUT2D eigenvalue weighted by Gasteiger charge is 2.32. The van der Waals surface area contributed by atoms with Crippen LogP contribution < -0.4 is 11.3 Å². The molecular formula is C19H15F3N2O3. The van der Waals surface area contributed by atoms with Crippen LogP contribution in [0, 0.1) is 6.92 Å². The number of nitrogens with two attached hydrogens (primary N) is 1. The highest BCUT2D eigenvalue weighted by Crippen LogP contribution is 2.34. The standard InChI is InChI=1S/C19H15F3N2O3/c1-10-5-3-4-6-13(10)24-14-9-11(19(20,21)22)7-8-12(14)16(23)15(17(24)25)18(26)27-2/h3-9H,23H2,1-2H3. The second-order valence-electron chi connectivity index (χ2n) is 5.94. The van der Waals surface area contributed by atoms with Gasteiger partial charge in [-0.2, -0.15) is 13.2 Å². The third kappa shape index (κ3) is 3.03. The number of ether oxygens (including phenoxy) is 1. The number of hydrogen-bond donors (Lipinski definition) is 1. The van der Waals surface area contributed by atoms with Crippen LogP contribution in [0.2, 0.25) is 0 Å². The number of nitrogens with zero attached hydrogens (tertiary/aromatic N) is 1. The Balaban J connectivity index is 2.55. The van der Waals surface area contributed by atoms with Gasteiger partial charge in [-0.05, 0) is 30.7 Å². The molecule has 0 radical (unpaired) electrons. The quantitative estimate of drug-likeness (QED) is 0.693. The predicted molar refractivity (Wildman–Crippen MR) is 95.0 cm³/mol. The summed E-state index contributed by atoms with van der Waals surface area (Å²) in [5.41, 5.74) is 4.46. The topological polar surface area (TPSA) is 74.3 Å². The zero-order valence-corrected chi connectivity index (χ0v) is 14.4. The number of carbonyl (C=O) groups is 1. The summed E-state index contributed by atoms with van der Waals surface area (Å²) in [5, 5.41) is 0.145. The molecule has 27 heavy (non-hydrogen) atoms. The van der Waals surface area contributed by atoms with E-state index >= 15 is 0 Å². The van der Waals surface area contributed by atoms with Crippen LogP contribution in [-0.2, 0) is 10.9 Å². The lowest BCUT2D eigenvalue weighted by Crippen LogP contribution is -2.28. The number of rotatable bonds is 2. The van der Waals surface area contributed by atoms with E-state index in [1.807, 2.05) is 0 Å². The molecule has 2 N–H and O–H groups in total. The molecule has 0 saturated carbocycles. The molecule has 0 aliphatic heterocycles. The molecule has 0 saturated heterocycles. The molecule has 0 unspecified atom stereocenters. The minimum Gasteiger partial charge on any atom is -0.465 e. The summed E-state index contributed by atoms with van der Waals surface area (Å²) >= 11 is 0. The van der Waals surface area contributed by atoms with Gasteiger partial charge in [0.15, 0.2) is 0 Å². The first-order valence-corrected chi connectivity index (χ1v) is 7.86. The molecule has 2 aromatic carbocycles. The third-order valence-corrected chi connectivity index (χ3v) is 4.29. The number of anilines is 1. The lowest BCUT2D eigenvalue weighted by atomic mass is 10.0. The van der Waals surface area contributed by atoms with Gasteiger partial charge in [-0.1, -0.05) is 24.3 Å². The van der Waals surface area contributed by atoms with Crippen molar-refractivity contribution in [2.75, 3.05) is 12.8 Å². The molecule has 0 atom stereocenters. The average Bonchev–Trinajstić information content (AvgIpc) is 2.62. The highest BCUT2D eigenvalue weighted by atomic mass is 19.4. The van der Waals surface area contributed by atoms with Gasteiger partial charge in [-0.15, -0.1) is 0 Å². The van der Waals surface area contributed by atoms with Crippen molar-refractivity contribution in [3.05, 3.63) is 69.5 Å². The second kappa shape index (κ2) is 6.46. The van der Waals surface area contributed by atoms with Crippen molar-refractivity contribution in [1.29, 1.82) is 0 Å². The van der Waals surface area contributed by atoms with Gasteiger partial charge in [0.1, 0.15) is 5.56 Å². The fourth-order valence-corrected chi connectivity index (χ4v) is 2.94. The van der Waals surface area contributed by atoms with E-state index in [2.05, 4.69) is 4.74 Å². The largest absolute Gasteiger partial charge is 0.465 e. The monoisotopic (exact) mass is 376 g/mol. The van der Waals surface area contributed by atoms with Gasteiger partial charge in [0, 0.05) is 5.39 Å². The van der Waals surface area contributed by atoms with E-state index in [4.69, 9.17) is 5.73 Å². The first-order chi connectivity index (χ1) is 12.7. The second-order valence-corrected chi connectivity index (χ2v) is 5.94. The van der Waals surface area contributed by atoms with Crippen molar-refractivity contribution in [2.45, 2.75) is 13.1 Å². The maximum atomic E-state index is 13.2. The molecule has 1 heterocycles. The highest BCUT2D eigenvalue weighted by molar-refractivity contribution is 6.04. The van der Waals surface area contributed by atoms with Crippen LogP contribution in [0.25, 0.3) is 16.6 Å². The molecule has 0 spiro atoms. The number of halogens is 3. The Labute approximate surface area is 151 Å². The number of aryl methyl sites for hydroxylation is 1. The van der Waals surface area contributed by atoms with E-state index < -0.39 is 28.8 Å². The number of benzene rings is 2. The fraction of sp³-hybridized carbons (Fsp3) is 0.158. The first kappa shape index (κ1) is 18.5. The van der Waals surface area contributed by atoms with Crippen LogP contribution in [0.15, 0.2) is 47.3 Å². The third-order valence-electron chi connectivity index (χ3n) is 4.29. The first-order valence-electron chi connectivity index (χ1n) is 7.86. The van der Waals surface area contributed by atoms with Gasteiger partial charge in [-0.25, -0.2) is 4.79 Å². The van der Waals surface area contributed by atoms with Crippen molar-refractivity contribution in [1.82, 2.24) is 4.57 Å². The number of carbonyl (C=O) groups excluding carboxylic acids is 1. The zero-order chi connectivity index (χ0) is 19.9. The van der Waals surface area contributed by atoms with Crippen molar-refractivity contribution < 1.29 is 22.7 Å². The van der Waals surface area contributed by atoms with Crippen molar-refractivity contribution >= 4 is 22.6 Å². The molecule has 3 rings (SSSR count). The Hall–Kier alpha value is -3.29. The summed E-state index contributed by atoms with van der Waals surface area (Å²) in [7, 11) is 1.09. The Morgan fingerprint density at radius 1 is 1.15 bits per heavy atom. The van der Waals surface area contributed by atoms with Gasteiger partial charge in [0.25, 0.3) is 5.56 Å². The number of alkyl halides is 3. The molecule has 0 aliphatic carbocycles. The van der Waals surface area contributed by atoms with E-state index in [1.54, 1.807) is 31.2 Å². The Bertz CT molecular complexity index is 1120. The van der Waals surface area contributed by atoms with E-state index in [0.717, 1.165) is 29.9 Å². The SMILES string of the molecule is COC(=O)c1c(N)c2ccc(C(F)(F)F)cc2n(-c2ccccc2C)c1=O. The van der Waals surface area contributed by atoms with E-state index in [-0.39, 0.29) is 16.6 Å². The minimum absolute atomic E-state index is 0.0470. The van der Waals surface area contributed by atoms with Gasteiger partial charge >= 0.3 is 12.1 Å². The van der Waals surface area contributed by atoms with E-state index in [1.165, 1.54) is 0 Å². The number of methoxy groups -OCH3 is 1. The molecule has 5 nitrogen and oxygen atoms in total. The summed E-state index contributed by atoms with van der Waals surface area (Å²) in [4.78, 5) is 25.1. The zero-order valence-electron chi connectivity index (χ0n) is 14.4. The number of hydrogen-bond acceptors (Lipinski definition) is 4. The smallest absolute Gasteiger partial charge is 0.416 e.